The molecule has 1 aromatic carbocycles. The van der Waals surface area contributed by atoms with Gasteiger partial charge in [0.15, 0.2) is 0 Å². The van der Waals surface area contributed by atoms with Crippen molar-refractivity contribution in [3.05, 3.63) is 29.8 Å². The Morgan fingerprint density at radius 1 is 1.33 bits per heavy atom. The lowest BCUT2D eigenvalue weighted by Gasteiger charge is -2.30. The summed E-state index contributed by atoms with van der Waals surface area (Å²) < 4.78 is 4.77. The minimum absolute atomic E-state index is 0.0612. The van der Waals surface area contributed by atoms with Gasteiger partial charge in [-0.25, -0.2) is 0 Å². The Balaban J connectivity index is 1.83. The van der Waals surface area contributed by atoms with Crippen LogP contribution in [0.5, 0.6) is 5.75 Å². The first-order valence-electron chi connectivity index (χ1n) is 6.27. The molecule has 0 saturated carbocycles. The van der Waals surface area contributed by atoms with Gasteiger partial charge in [-0.15, -0.1) is 0 Å². The molecule has 4 nitrogen and oxygen atoms in total. The highest BCUT2D eigenvalue weighted by Gasteiger charge is 2.25. The van der Waals surface area contributed by atoms with Crippen molar-refractivity contribution >= 4 is 5.97 Å². The normalized spacial score (nSPS) is 17.6. The summed E-state index contributed by atoms with van der Waals surface area (Å²) in [6.45, 7) is 2.70. The van der Waals surface area contributed by atoms with Crippen LogP contribution in [-0.2, 0) is 16.1 Å². The molecule has 4 heteroatoms. The van der Waals surface area contributed by atoms with Crippen molar-refractivity contribution in [3.63, 3.8) is 0 Å². The van der Waals surface area contributed by atoms with Gasteiger partial charge in [-0.05, 0) is 43.6 Å². The number of piperidine rings is 1. The average molecular weight is 249 g/mol. The molecule has 1 aliphatic rings. The Morgan fingerprint density at radius 3 is 2.50 bits per heavy atom. The van der Waals surface area contributed by atoms with Crippen LogP contribution < -0.4 is 0 Å². The molecule has 1 heterocycles. The predicted octanol–water partition coefficient (Wildman–Crippen LogP) is 1.78. The minimum Gasteiger partial charge on any atom is -0.508 e. The van der Waals surface area contributed by atoms with Gasteiger partial charge >= 0.3 is 5.97 Å². The fourth-order valence-corrected chi connectivity index (χ4v) is 2.35. The largest absolute Gasteiger partial charge is 0.508 e. The summed E-state index contributed by atoms with van der Waals surface area (Å²) in [5, 5.41) is 9.22. The fraction of sp³-hybridized carbons (Fsp3) is 0.500. The summed E-state index contributed by atoms with van der Waals surface area (Å²) in [5.41, 5.74) is 1.18. The second-order valence-corrected chi connectivity index (χ2v) is 4.74. The predicted molar refractivity (Wildman–Crippen MR) is 68.1 cm³/mol. The van der Waals surface area contributed by atoms with Gasteiger partial charge in [-0.2, -0.15) is 0 Å². The molecule has 0 radical (unpaired) electrons. The summed E-state index contributed by atoms with van der Waals surface area (Å²) in [5.74, 6) is 0.272. The van der Waals surface area contributed by atoms with E-state index in [1.54, 1.807) is 12.1 Å². The molecule has 1 fully saturated rings. The molecule has 2 rings (SSSR count). The number of hydrogen-bond donors (Lipinski definition) is 1. The number of phenols is 1. The van der Waals surface area contributed by atoms with Crippen LogP contribution in [0.1, 0.15) is 18.4 Å². The van der Waals surface area contributed by atoms with Crippen molar-refractivity contribution in [2.45, 2.75) is 19.4 Å². The molecule has 1 aliphatic heterocycles. The topological polar surface area (TPSA) is 49.8 Å². The molecule has 1 aromatic rings. The number of nitrogens with zero attached hydrogens (tertiary/aromatic N) is 1. The third kappa shape index (κ3) is 3.23. The third-order valence-corrected chi connectivity index (χ3v) is 3.46. The van der Waals surface area contributed by atoms with E-state index in [2.05, 4.69) is 4.90 Å². The molecule has 0 bridgehead atoms. The molecule has 1 saturated heterocycles. The van der Waals surface area contributed by atoms with Crippen molar-refractivity contribution in [2.75, 3.05) is 20.2 Å². The number of esters is 1. The van der Waals surface area contributed by atoms with Crippen LogP contribution in [-0.4, -0.2) is 36.2 Å². The number of methoxy groups -OCH3 is 1. The lowest BCUT2D eigenvalue weighted by atomic mass is 9.96. The molecule has 98 valence electrons. The molecular formula is C14H19NO3. The molecule has 0 aromatic heterocycles. The molecule has 0 amide bonds. The molecule has 0 aliphatic carbocycles. The Kier molecular flexibility index (Phi) is 4.20. The Morgan fingerprint density at radius 2 is 1.94 bits per heavy atom. The second kappa shape index (κ2) is 5.87. The number of likely N-dealkylation sites (tertiary alicyclic amines) is 1. The number of rotatable bonds is 3. The van der Waals surface area contributed by atoms with Gasteiger partial charge in [0, 0.05) is 6.54 Å². The lowest BCUT2D eigenvalue weighted by Crippen LogP contribution is -2.36. The molecule has 0 atom stereocenters. The smallest absolute Gasteiger partial charge is 0.308 e. The third-order valence-electron chi connectivity index (χ3n) is 3.46. The van der Waals surface area contributed by atoms with Crippen molar-refractivity contribution in [3.8, 4) is 5.75 Å². The highest BCUT2D eigenvalue weighted by atomic mass is 16.5. The van der Waals surface area contributed by atoms with E-state index < -0.39 is 0 Å². The van der Waals surface area contributed by atoms with Crippen molar-refractivity contribution in [2.24, 2.45) is 5.92 Å². The van der Waals surface area contributed by atoms with Gasteiger partial charge in [0.1, 0.15) is 5.75 Å². The Labute approximate surface area is 107 Å². The standard InChI is InChI=1S/C14H19NO3/c1-18-14(17)12-6-8-15(9-7-12)10-11-2-4-13(16)5-3-11/h2-5,12,16H,6-10H2,1H3. The monoisotopic (exact) mass is 249 g/mol. The van der Waals surface area contributed by atoms with E-state index in [0.29, 0.717) is 5.75 Å². The van der Waals surface area contributed by atoms with Crippen LogP contribution in [0.25, 0.3) is 0 Å². The van der Waals surface area contributed by atoms with Gasteiger partial charge in [-0.1, -0.05) is 12.1 Å². The first-order valence-corrected chi connectivity index (χ1v) is 6.27. The van der Waals surface area contributed by atoms with Crippen LogP contribution in [0.15, 0.2) is 24.3 Å². The zero-order valence-corrected chi connectivity index (χ0v) is 10.6. The maximum absolute atomic E-state index is 11.4. The van der Waals surface area contributed by atoms with E-state index in [0.717, 1.165) is 32.5 Å². The summed E-state index contributed by atoms with van der Waals surface area (Å²) in [6, 6.07) is 7.27. The fourth-order valence-electron chi connectivity index (χ4n) is 2.35. The Hall–Kier alpha value is -1.55. The SMILES string of the molecule is COC(=O)C1CCN(Cc2ccc(O)cc2)CC1. The van der Waals surface area contributed by atoms with Gasteiger partial charge in [0.25, 0.3) is 0 Å². The summed E-state index contributed by atoms with van der Waals surface area (Å²) in [7, 11) is 1.45. The van der Waals surface area contributed by atoms with Crippen molar-refractivity contribution < 1.29 is 14.6 Å². The quantitative estimate of drug-likeness (QED) is 0.830. The van der Waals surface area contributed by atoms with Crippen LogP contribution >= 0.6 is 0 Å². The molecular weight excluding hydrogens is 230 g/mol. The zero-order valence-electron chi connectivity index (χ0n) is 10.6. The maximum atomic E-state index is 11.4. The molecule has 18 heavy (non-hydrogen) atoms. The maximum Gasteiger partial charge on any atom is 0.308 e. The highest BCUT2D eigenvalue weighted by Crippen LogP contribution is 2.20. The van der Waals surface area contributed by atoms with Gasteiger partial charge in [-0.3, -0.25) is 9.69 Å². The molecule has 0 unspecified atom stereocenters. The van der Waals surface area contributed by atoms with Crippen LogP contribution in [0.4, 0.5) is 0 Å². The molecule has 0 spiro atoms. The number of benzene rings is 1. The summed E-state index contributed by atoms with van der Waals surface area (Å²) >= 11 is 0. The van der Waals surface area contributed by atoms with Crippen LogP contribution in [0, 0.1) is 5.92 Å². The first kappa shape index (κ1) is 12.9. The van der Waals surface area contributed by atoms with Crippen LogP contribution in [0.3, 0.4) is 0 Å². The summed E-state index contributed by atoms with van der Waals surface area (Å²) in [4.78, 5) is 13.7. The van der Waals surface area contributed by atoms with E-state index in [1.807, 2.05) is 12.1 Å². The first-order chi connectivity index (χ1) is 8.69. The number of carbonyl (C=O) groups is 1. The van der Waals surface area contributed by atoms with Crippen LogP contribution in [0.2, 0.25) is 0 Å². The van der Waals surface area contributed by atoms with E-state index >= 15 is 0 Å². The Bertz CT molecular complexity index is 394. The van der Waals surface area contributed by atoms with Gasteiger partial charge in [0.05, 0.1) is 13.0 Å². The van der Waals surface area contributed by atoms with Gasteiger partial charge < -0.3 is 9.84 Å². The van der Waals surface area contributed by atoms with Gasteiger partial charge in [0.2, 0.25) is 0 Å². The highest BCUT2D eigenvalue weighted by molar-refractivity contribution is 5.72. The number of carbonyl (C=O) groups excluding carboxylic acids is 1. The van der Waals surface area contributed by atoms with E-state index in [1.165, 1.54) is 12.7 Å². The number of ether oxygens (including phenoxy) is 1. The lowest BCUT2D eigenvalue weighted by molar-refractivity contribution is -0.147. The summed E-state index contributed by atoms with van der Waals surface area (Å²) in [6.07, 6.45) is 1.73. The zero-order chi connectivity index (χ0) is 13.0. The van der Waals surface area contributed by atoms with E-state index in [4.69, 9.17) is 4.74 Å². The molecule has 1 N–H and O–H groups in total. The van der Waals surface area contributed by atoms with Crippen molar-refractivity contribution in [1.82, 2.24) is 4.90 Å². The van der Waals surface area contributed by atoms with Crippen molar-refractivity contribution in [1.29, 1.82) is 0 Å². The second-order valence-electron chi connectivity index (χ2n) is 4.74. The number of aromatic hydroxyl groups is 1. The number of hydrogen-bond acceptors (Lipinski definition) is 4. The van der Waals surface area contributed by atoms with E-state index in [9.17, 15) is 9.90 Å². The average Bonchev–Trinajstić information content (AvgIpc) is 2.41. The number of phenolic OH excluding ortho intramolecular Hbond substituents is 1. The van der Waals surface area contributed by atoms with E-state index in [-0.39, 0.29) is 11.9 Å². The minimum atomic E-state index is -0.0840.